The molecule has 0 saturated carbocycles. The summed E-state index contributed by atoms with van der Waals surface area (Å²) in [5, 5.41) is 2.83. The van der Waals surface area contributed by atoms with Crippen LogP contribution in [-0.4, -0.2) is 28.5 Å². The highest BCUT2D eigenvalue weighted by molar-refractivity contribution is 8.18. The lowest BCUT2D eigenvalue weighted by Crippen LogP contribution is -2.36. The van der Waals surface area contributed by atoms with Crippen molar-refractivity contribution in [1.29, 1.82) is 0 Å². The fraction of sp³-hybridized carbons (Fsp3) is 0.150. The number of nitrogens with zero attached hydrogens (tertiary/aromatic N) is 1. The van der Waals surface area contributed by atoms with Gasteiger partial charge in [-0.15, -0.1) is 0 Å². The second-order valence-corrected chi connectivity index (χ2v) is 7.62. The summed E-state index contributed by atoms with van der Waals surface area (Å²) in [6.07, 6.45) is 1.60. The average molecular weight is 401 g/mol. The minimum atomic E-state index is -0.485. The highest BCUT2D eigenvalue weighted by atomic mass is 35.5. The van der Waals surface area contributed by atoms with Gasteiger partial charge in [0.15, 0.2) is 0 Å². The molecule has 2 aromatic rings. The van der Waals surface area contributed by atoms with Crippen LogP contribution in [0.3, 0.4) is 0 Å². The van der Waals surface area contributed by atoms with E-state index in [2.05, 4.69) is 5.32 Å². The normalized spacial score (nSPS) is 15.5. The maximum Gasteiger partial charge on any atom is 0.294 e. The van der Waals surface area contributed by atoms with Crippen molar-refractivity contribution in [2.24, 2.45) is 0 Å². The first-order chi connectivity index (χ1) is 12.8. The van der Waals surface area contributed by atoms with Crippen LogP contribution in [0.15, 0.2) is 47.4 Å². The van der Waals surface area contributed by atoms with Crippen molar-refractivity contribution in [1.82, 2.24) is 4.90 Å². The number of imide groups is 1. The van der Waals surface area contributed by atoms with Crippen LogP contribution >= 0.6 is 23.4 Å². The molecule has 0 atom stereocenters. The van der Waals surface area contributed by atoms with Crippen LogP contribution in [0, 0.1) is 13.8 Å². The molecule has 1 fully saturated rings. The number of aryl methyl sites for hydroxylation is 2. The molecule has 0 bridgehead atoms. The average Bonchev–Trinajstić information content (AvgIpc) is 2.86. The Bertz CT molecular complexity index is 971. The number of nitrogens with one attached hydrogen (secondary N) is 1. The van der Waals surface area contributed by atoms with Crippen LogP contribution in [0.4, 0.5) is 10.5 Å². The highest BCUT2D eigenvalue weighted by Crippen LogP contribution is 2.32. The summed E-state index contributed by atoms with van der Waals surface area (Å²) in [5.74, 6) is -0.906. The van der Waals surface area contributed by atoms with Crippen LogP contribution in [0.2, 0.25) is 5.02 Å². The van der Waals surface area contributed by atoms with Crippen LogP contribution < -0.4 is 5.32 Å². The standard InChI is InChI=1S/C20H17ClN2O3S/c1-12-6-7-13(2)16(8-12)22-18(24)11-23-19(25)17(27-20(23)26)10-14-4-3-5-15(21)9-14/h3-10H,11H2,1-2H3,(H,22,24)/b17-10+. The number of rotatable bonds is 4. The van der Waals surface area contributed by atoms with Gasteiger partial charge < -0.3 is 5.32 Å². The zero-order chi connectivity index (χ0) is 19.6. The Balaban J connectivity index is 1.72. The van der Waals surface area contributed by atoms with Crippen LogP contribution in [0.5, 0.6) is 0 Å². The van der Waals surface area contributed by atoms with Crippen molar-refractivity contribution in [3.63, 3.8) is 0 Å². The van der Waals surface area contributed by atoms with E-state index >= 15 is 0 Å². The van der Waals surface area contributed by atoms with Crippen LogP contribution in [-0.2, 0) is 9.59 Å². The molecular weight excluding hydrogens is 384 g/mol. The summed E-state index contributed by atoms with van der Waals surface area (Å²) in [5.41, 5.74) is 3.30. The quantitative estimate of drug-likeness (QED) is 0.759. The van der Waals surface area contributed by atoms with E-state index < -0.39 is 17.1 Å². The number of halogens is 1. The number of hydrogen-bond acceptors (Lipinski definition) is 4. The van der Waals surface area contributed by atoms with E-state index in [9.17, 15) is 14.4 Å². The molecule has 5 nitrogen and oxygen atoms in total. The molecule has 0 spiro atoms. The Hall–Kier alpha value is -2.57. The third-order valence-electron chi connectivity index (χ3n) is 3.99. The molecule has 1 aliphatic heterocycles. The van der Waals surface area contributed by atoms with Gasteiger partial charge in [0, 0.05) is 10.7 Å². The zero-order valence-corrected chi connectivity index (χ0v) is 16.4. The van der Waals surface area contributed by atoms with Crippen molar-refractivity contribution < 1.29 is 14.4 Å². The molecule has 2 aromatic carbocycles. The second kappa shape index (κ2) is 7.98. The minimum Gasteiger partial charge on any atom is -0.324 e. The number of carbonyl (C=O) groups is 3. The molecule has 0 unspecified atom stereocenters. The summed E-state index contributed by atoms with van der Waals surface area (Å²) in [4.78, 5) is 38.2. The highest BCUT2D eigenvalue weighted by Gasteiger charge is 2.36. The molecule has 3 rings (SSSR count). The molecule has 0 radical (unpaired) electrons. The van der Waals surface area contributed by atoms with E-state index in [0.717, 1.165) is 27.8 Å². The Morgan fingerprint density at radius 2 is 1.96 bits per heavy atom. The van der Waals surface area contributed by atoms with Gasteiger partial charge in [-0.2, -0.15) is 0 Å². The number of carbonyl (C=O) groups excluding carboxylic acids is 3. The van der Waals surface area contributed by atoms with Gasteiger partial charge in [-0.3, -0.25) is 19.3 Å². The maximum atomic E-state index is 12.5. The fourth-order valence-corrected chi connectivity index (χ4v) is 3.62. The molecule has 0 aliphatic carbocycles. The first kappa shape index (κ1) is 19.2. The Kier molecular flexibility index (Phi) is 5.68. The number of hydrogen-bond donors (Lipinski definition) is 1. The van der Waals surface area contributed by atoms with Gasteiger partial charge in [0.1, 0.15) is 6.54 Å². The van der Waals surface area contributed by atoms with E-state index in [1.807, 2.05) is 32.0 Å². The summed E-state index contributed by atoms with van der Waals surface area (Å²) in [7, 11) is 0. The molecule has 1 N–H and O–H groups in total. The Morgan fingerprint density at radius 3 is 2.70 bits per heavy atom. The predicted octanol–water partition coefficient (Wildman–Crippen LogP) is 4.63. The topological polar surface area (TPSA) is 66.5 Å². The lowest BCUT2D eigenvalue weighted by atomic mass is 10.1. The van der Waals surface area contributed by atoms with Gasteiger partial charge in [-0.25, -0.2) is 0 Å². The van der Waals surface area contributed by atoms with E-state index in [-0.39, 0.29) is 11.4 Å². The second-order valence-electron chi connectivity index (χ2n) is 6.19. The largest absolute Gasteiger partial charge is 0.324 e. The monoisotopic (exact) mass is 400 g/mol. The molecule has 0 aromatic heterocycles. The van der Waals surface area contributed by atoms with Crippen molar-refractivity contribution in [3.8, 4) is 0 Å². The SMILES string of the molecule is Cc1ccc(C)c(NC(=O)CN2C(=O)S/C(=C/c3cccc(Cl)c3)C2=O)c1. The number of benzene rings is 2. The molecule has 1 saturated heterocycles. The smallest absolute Gasteiger partial charge is 0.294 e. The van der Waals surface area contributed by atoms with E-state index in [4.69, 9.17) is 11.6 Å². The van der Waals surface area contributed by atoms with Gasteiger partial charge in [-0.05, 0) is 66.6 Å². The van der Waals surface area contributed by atoms with Gasteiger partial charge >= 0.3 is 0 Å². The lowest BCUT2D eigenvalue weighted by molar-refractivity contribution is -0.127. The Morgan fingerprint density at radius 1 is 1.19 bits per heavy atom. The number of thioether (sulfide) groups is 1. The molecule has 138 valence electrons. The first-order valence-corrected chi connectivity index (χ1v) is 9.41. The summed E-state index contributed by atoms with van der Waals surface area (Å²) >= 11 is 6.75. The third-order valence-corrected chi connectivity index (χ3v) is 5.13. The van der Waals surface area contributed by atoms with Gasteiger partial charge in [0.25, 0.3) is 11.1 Å². The van der Waals surface area contributed by atoms with Gasteiger partial charge in [0.05, 0.1) is 4.91 Å². The lowest BCUT2D eigenvalue weighted by Gasteiger charge is -2.14. The van der Waals surface area contributed by atoms with Crippen LogP contribution in [0.1, 0.15) is 16.7 Å². The van der Waals surface area contributed by atoms with Crippen molar-refractivity contribution in [2.45, 2.75) is 13.8 Å². The molecular formula is C20H17ClN2O3S. The van der Waals surface area contributed by atoms with Gasteiger partial charge in [-0.1, -0.05) is 35.9 Å². The summed E-state index contributed by atoms with van der Waals surface area (Å²) < 4.78 is 0. The first-order valence-electron chi connectivity index (χ1n) is 8.21. The van der Waals surface area contributed by atoms with E-state index in [1.54, 1.807) is 30.3 Å². The van der Waals surface area contributed by atoms with Crippen molar-refractivity contribution in [2.75, 3.05) is 11.9 Å². The number of anilines is 1. The Labute approximate surface area is 166 Å². The predicted molar refractivity (Wildman–Crippen MR) is 109 cm³/mol. The molecule has 1 heterocycles. The third kappa shape index (κ3) is 4.59. The molecule has 3 amide bonds. The maximum absolute atomic E-state index is 12.5. The van der Waals surface area contributed by atoms with Crippen LogP contribution in [0.25, 0.3) is 6.08 Å². The summed E-state index contributed by atoms with van der Waals surface area (Å²) in [6.45, 7) is 3.47. The fourth-order valence-electron chi connectivity index (χ4n) is 2.59. The minimum absolute atomic E-state index is 0.266. The van der Waals surface area contributed by atoms with E-state index in [0.29, 0.717) is 16.3 Å². The van der Waals surface area contributed by atoms with E-state index in [1.165, 1.54) is 0 Å². The molecule has 27 heavy (non-hydrogen) atoms. The zero-order valence-electron chi connectivity index (χ0n) is 14.8. The van der Waals surface area contributed by atoms with Gasteiger partial charge in [0.2, 0.25) is 5.91 Å². The molecule has 1 aliphatic rings. The van der Waals surface area contributed by atoms with Crippen molar-refractivity contribution >= 4 is 52.2 Å². The summed E-state index contributed by atoms with van der Waals surface area (Å²) in [6, 6.07) is 12.7. The number of amides is 3. The molecule has 7 heteroatoms. The van der Waals surface area contributed by atoms with Crippen molar-refractivity contribution in [3.05, 3.63) is 69.1 Å².